The van der Waals surface area contributed by atoms with Gasteiger partial charge < -0.3 is 14.2 Å². The van der Waals surface area contributed by atoms with Crippen LogP contribution in [0.2, 0.25) is 0 Å². The molecule has 1 unspecified atom stereocenters. The zero-order chi connectivity index (χ0) is 11.8. The van der Waals surface area contributed by atoms with E-state index in [9.17, 15) is 4.79 Å². The van der Waals surface area contributed by atoms with E-state index in [1.165, 1.54) is 0 Å². The Kier molecular flexibility index (Phi) is 5.82. The Balaban J connectivity index is 2.23. The SMILES string of the molecule is C=CCOCOC(=O)C(=C)C1CCCCO1. The smallest absolute Gasteiger partial charge is 0.338 e. The van der Waals surface area contributed by atoms with Crippen LogP contribution in [0, 0.1) is 0 Å². The van der Waals surface area contributed by atoms with E-state index in [4.69, 9.17) is 14.2 Å². The summed E-state index contributed by atoms with van der Waals surface area (Å²) < 4.78 is 15.2. The summed E-state index contributed by atoms with van der Waals surface area (Å²) in [5, 5.41) is 0. The highest BCUT2D eigenvalue weighted by Crippen LogP contribution is 2.19. The zero-order valence-corrected chi connectivity index (χ0v) is 9.44. The molecule has 4 heteroatoms. The summed E-state index contributed by atoms with van der Waals surface area (Å²) in [7, 11) is 0. The molecule has 90 valence electrons. The van der Waals surface area contributed by atoms with Gasteiger partial charge in [-0.2, -0.15) is 0 Å². The molecule has 0 radical (unpaired) electrons. The van der Waals surface area contributed by atoms with Crippen LogP contribution in [-0.2, 0) is 19.0 Å². The van der Waals surface area contributed by atoms with Gasteiger partial charge in [0, 0.05) is 6.61 Å². The maximum Gasteiger partial charge on any atom is 0.338 e. The molecule has 1 heterocycles. The van der Waals surface area contributed by atoms with Crippen LogP contribution in [0.5, 0.6) is 0 Å². The molecule has 0 bridgehead atoms. The highest BCUT2D eigenvalue weighted by Gasteiger charge is 2.23. The number of carbonyl (C=O) groups is 1. The van der Waals surface area contributed by atoms with Gasteiger partial charge in [0.2, 0.25) is 0 Å². The van der Waals surface area contributed by atoms with Gasteiger partial charge in [0.05, 0.1) is 18.3 Å². The third-order valence-corrected chi connectivity index (χ3v) is 2.34. The average Bonchev–Trinajstić information content (AvgIpc) is 2.34. The number of hydrogen-bond acceptors (Lipinski definition) is 4. The maximum absolute atomic E-state index is 11.5. The van der Waals surface area contributed by atoms with E-state index < -0.39 is 5.97 Å². The van der Waals surface area contributed by atoms with E-state index in [1.54, 1.807) is 6.08 Å². The first-order valence-electron chi connectivity index (χ1n) is 5.42. The van der Waals surface area contributed by atoms with Crippen LogP contribution in [-0.4, -0.2) is 32.1 Å². The van der Waals surface area contributed by atoms with Crippen molar-refractivity contribution in [2.24, 2.45) is 0 Å². The molecule has 1 aliphatic heterocycles. The fourth-order valence-corrected chi connectivity index (χ4v) is 1.47. The Morgan fingerprint density at radius 2 is 2.31 bits per heavy atom. The molecule has 1 atom stereocenters. The molecular weight excluding hydrogens is 208 g/mol. The lowest BCUT2D eigenvalue weighted by Crippen LogP contribution is -2.26. The molecule has 0 amide bonds. The van der Waals surface area contributed by atoms with Gasteiger partial charge in [0.1, 0.15) is 0 Å². The predicted molar refractivity (Wildman–Crippen MR) is 59.8 cm³/mol. The monoisotopic (exact) mass is 226 g/mol. The molecule has 0 saturated carbocycles. The molecule has 0 aliphatic carbocycles. The molecule has 0 aromatic rings. The highest BCUT2D eigenvalue weighted by molar-refractivity contribution is 5.88. The number of rotatable bonds is 6. The van der Waals surface area contributed by atoms with Crippen LogP contribution in [0.3, 0.4) is 0 Å². The van der Waals surface area contributed by atoms with Crippen LogP contribution in [0.4, 0.5) is 0 Å². The van der Waals surface area contributed by atoms with Crippen molar-refractivity contribution >= 4 is 5.97 Å². The maximum atomic E-state index is 11.5. The predicted octanol–water partition coefficient (Wildman–Crippen LogP) is 1.81. The molecule has 16 heavy (non-hydrogen) atoms. The molecule has 4 nitrogen and oxygen atoms in total. The van der Waals surface area contributed by atoms with Gasteiger partial charge in [-0.05, 0) is 19.3 Å². The van der Waals surface area contributed by atoms with Gasteiger partial charge in [-0.1, -0.05) is 12.7 Å². The number of hydrogen-bond donors (Lipinski definition) is 0. The molecule has 1 aliphatic rings. The molecule has 0 spiro atoms. The first kappa shape index (κ1) is 12.9. The van der Waals surface area contributed by atoms with Crippen molar-refractivity contribution in [1.29, 1.82) is 0 Å². The van der Waals surface area contributed by atoms with Crippen molar-refractivity contribution in [3.05, 3.63) is 24.8 Å². The minimum absolute atomic E-state index is 0.0728. The third kappa shape index (κ3) is 4.16. The van der Waals surface area contributed by atoms with Crippen molar-refractivity contribution < 1.29 is 19.0 Å². The van der Waals surface area contributed by atoms with E-state index in [2.05, 4.69) is 13.2 Å². The van der Waals surface area contributed by atoms with Crippen molar-refractivity contribution in [2.45, 2.75) is 25.4 Å². The molecule has 1 saturated heterocycles. The molecule has 1 rings (SSSR count). The Morgan fingerprint density at radius 1 is 1.50 bits per heavy atom. The second-order valence-corrected chi connectivity index (χ2v) is 3.59. The van der Waals surface area contributed by atoms with Crippen molar-refractivity contribution in [2.75, 3.05) is 20.0 Å². The zero-order valence-electron chi connectivity index (χ0n) is 9.44. The molecule has 1 fully saturated rings. The summed E-state index contributed by atoms with van der Waals surface area (Å²) in [5.74, 6) is -0.448. The Labute approximate surface area is 95.9 Å². The van der Waals surface area contributed by atoms with Gasteiger partial charge in [-0.3, -0.25) is 0 Å². The summed E-state index contributed by atoms with van der Waals surface area (Å²) in [4.78, 5) is 11.5. The fraction of sp³-hybridized carbons (Fsp3) is 0.583. The topological polar surface area (TPSA) is 44.8 Å². The molecule has 0 aromatic heterocycles. The van der Waals surface area contributed by atoms with Crippen LogP contribution in [0.15, 0.2) is 24.8 Å². The minimum atomic E-state index is -0.448. The summed E-state index contributed by atoms with van der Waals surface area (Å²) in [5.41, 5.74) is 0.377. The quantitative estimate of drug-likeness (QED) is 0.228. The van der Waals surface area contributed by atoms with E-state index in [1.807, 2.05) is 0 Å². The van der Waals surface area contributed by atoms with E-state index >= 15 is 0 Å². The van der Waals surface area contributed by atoms with Gasteiger partial charge in [-0.15, -0.1) is 6.58 Å². The second-order valence-electron chi connectivity index (χ2n) is 3.59. The number of carbonyl (C=O) groups excluding carboxylic acids is 1. The number of ether oxygens (including phenoxy) is 3. The molecule has 0 N–H and O–H groups in total. The standard InChI is InChI=1S/C12H18O4/c1-3-7-14-9-16-12(13)10(2)11-6-4-5-8-15-11/h3,11H,1-2,4-9H2. The summed E-state index contributed by atoms with van der Waals surface area (Å²) in [6.07, 6.45) is 4.33. The highest BCUT2D eigenvalue weighted by atomic mass is 16.7. The second kappa shape index (κ2) is 7.19. The lowest BCUT2D eigenvalue weighted by molar-refractivity contribution is -0.152. The van der Waals surface area contributed by atoms with Crippen LogP contribution >= 0.6 is 0 Å². The summed E-state index contributed by atoms with van der Waals surface area (Å²) in [6, 6.07) is 0. The Morgan fingerprint density at radius 3 is 2.94 bits per heavy atom. The first-order valence-corrected chi connectivity index (χ1v) is 5.42. The number of esters is 1. The van der Waals surface area contributed by atoms with Gasteiger partial charge in [0.15, 0.2) is 6.79 Å². The third-order valence-electron chi connectivity index (χ3n) is 2.34. The Hall–Kier alpha value is -1.13. The van der Waals surface area contributed by atoms with E-state index in [0.29, 0.717) is 18.8 Å². The van der Waals surface area contributed by atoms with Crippen LogP contribution in [0.1, 0.15) is 19.3 Å². The van der Waals surface area contributed by atoms with Crippen LogP contribution < -0.4 is 0 Å². The van der Waals surface area contributed by atoms with E-state index in [0.717, 1.165) is 19.3 Å². The summed E-state index contributed by atoms with van der Waals surface area (Å²) in [6.45, 7) is 8.16. The Bertz CT molecular complexity index is 254. The molecule has 0 aromatic carbocycles. The average molecular weight is 226 g/mol. The summed E-state index contributed by atoms with van der Waals surface area (Å²) >= 11 is 0. The lowest BCUT2D eigenvalue weighted by atomic mass is 10.0. The lowest BCUT2D eigenvalue weighted by Gasteiger charge is -2.23. The van der Waals surface area contributed by atoms with Gasteiger partial charge >= 0.3 is 5.97 Å². The van der Waals surface area contributed by atoms with Crippen molar-refractivity contribution in [3.8, 4) is 0 Å². The van der Waals surface area contributed by atoms with Gasteiger partial charge in [0.25, 0.3) is 0 Å². The minimum Gasteiger partial charge on any atom is -0.435 e. The fourth-order valence-electron chi connectivity index (χ4n) is 1.47. The van der Waals surface area contributed by atoms with Gasteiger partial charge in [-0.25, -0.2) is 4.79 Å². The normalized spacial score (nSPS) is 20.1. The van der Waals surface area contributed by atoms with E-state index in [-0.39, 0.29) is 12.9 Å². The largest absolute Gasteiger partial charge is 0.435 e. The molecular formula is C12H18O4. The van der Waals surface area contributed by atoms with Crippen molar-refractivity contribution in [1.82, 2.24) is 0 Å². The van der Waals surface area contributed by atoms with Crippen molar-refractivity contribution in [3.63, 3.8) is 0 Å². The first-order chi connectivity index (χ1) is 7.75. The van der Waals surface area contributed by atoms with Crippen LogP contribution in [0.25, 0.3) is 0 Å².